The normalized spacial score (nSPS) is 19.8. The van der Waals surface area contributed by atoms with E-state index in [0.29, 0.717) is 18.5 Å². The Morgan fingerprint density at radius 2 is 2.00 bits per heavy atom. The van der Waals surface area contributed by atoms with Gasteiger partial charge in [0.15, 0.2) is 17.0 Å². The molecule has 1 unspecified atom stereocenters. The van der Waals surface area contributed by atoms with Crippen molar-refractivity contribution in [3.05, 3.63) is 6.33 Å². The largest absolute Gasteiger partial charge is 0.365 e. The molecule has 0 aromatic carbocycles. The molecule has 2 fully saturated rings. The van der Waals surface area contributed by atoms with Crippen LogP contribution < -0.4 is 10.2 Å². The molecule has 2 aromatic heterocycles. The summed E-state index contributed by atoms with van der Waals surface area (Å²) in [5, 5.41) is 3.53. The SMILES string of the molecule is CCN(CC)C(=O)C1CCCN(c2nc(NC3CC3)c3ncn(C(C)C)c3n2)C1. The summed E-state index contributed by atoms with van der Waals surface area (Å²) in [6, 6.07) is 0.762. The van der Waals surface area contributed by atoms with Crippen LogP contribution in [0.4, 0.5) is 11.8 Å². The molecule has 158 valence electrons. The lowest BCUT2D eigenvalue weighted by Gasteiger charge is -2.34. The summed E-state index contributed by atoms with van der Waals surface area (Å²) in [5.74, 6) is 1.80. The molecule has 1 N–H and O–H groups in total. The third-order valence-electron chi connectivity index (χ3n) is 6.01. The first-order valence-corrected chi connectivity index (χ1v) is 11.1. The lowest BCUT2D eigenvalue weighted by atomic mass is 9.96. The summed E-state index contributed by atoms with van der Waals surface area (Å²) in [6.07, 6.45) is 6.12. The summed E-state index contributed by atoms with van der Waals surface area (Å²) in [4.78, 5) is 31.4. The topological polar surface area (TPSA) is 79.2 Å². The maximum Gasteiger partial charge on any atom is 0.229 e. The molecule has 0 radical (unpaired) electrons. The molecule has 1 saturated heterocycles. The number of hydrogen-bond donors (Lipinski definition) is 1. The minimum absolute atomic E-state index is 0.0118. The molecule has 8 heteroatoms. The molecule has 1 aliphatic carbocycles. The molecule has 0 bridgehead atoms. The first-order valence-electron chi connectivity index (χ1n) is 11.1. The van der Waals surface area contributed by atoms with Crippen LogP contribution in [-0.2, 0) is 4.79 Å². The fourth-order valence-electron chi connectivity index (χ4n) is 4.10. The van der Waals surface area contributed by atoms with Gasteiger partial charge in [-0.2, -0.15) is 9.97 Å². The van der Waals surface area contributed by atoms with Gasteiger partial charge in [0.05, 0.1) is 12.2 Å². The maximum absolute atomic E-state index is 12.9. The Bertz CT molecular complexity index is 869. The number of anilines is 2. The van der Waals surface area contributed by atoms with Gasteiger partial charge in [0.1, 0.15) is 0 Å². The second-order valence-electron chi connectivity index (χ2n) is 8.50. The van der Waals surface area contributed by atoms with E-state index in [9.17, 15) is 4.79 Å². The van der Waals surface area contributed by atoms with Crippen molar-refractivity contribution in [2.75, 3.05) is 36.4 Å². The molecule has 8 nitrogen and oxygen atoms in total. The van der Waals surface area contributed by atoms with Crippen LogP contribution in [0.5, 0.6) is 0 Å². The van der Waals surface area contributed by atoms with Gasteiger partial charge < -0.3 is 19.7 Å². The highest BCUT2D eigenvalue weighted by Gasteiger charge is 2.31. The Labute approximate surface area is 172 Å². The minimum Gasteiger partial charge on any atom is -0.365 e. The molecule has 3 heterocycles. The van der Waals surface area contributed by atoms with Crippen molar-refractivity contribution in [3.8, 4) is 0 Å². The fraction of sp³-hybridized carbons (Fsp3) is 0.714. The molecule has 1 saturated carbocycles. The van der Waals surface area contributed by atoms with Gasteiger partial charge in [0, 0.05) is 38.3 Å². The number of imidazole rings is 1. The molecule has 0 spiro atoms. The van der Waals surface area contributed by atoms with Crippen LogP contribution in [0.1, 0.15) is 59.4 Å². The van der Waals surface area contributed by atoms with Crippen molar-refractivity contribution < 1.29 is 4.79 Å². The van der Waals surface area contributed by atoms with Gasteiger partial charge in [-0.25, -0.2) is 4.98 Å². The van der Waals surface area contributed by atoms with Crippen molar-refractivity contribution >= 4 is 28.8 Å². The first kappa shape index (κ1) is 19.9. The molecule has 2 aromatic rings. The first-order chi connectivity index (χ1) is 14.0. The van der Waals surface area contributed by atoms with Gasteiger partial charge in [-0.3, -0.25) is 4.79 Å². The van der Waals surface area contributed by atoms with E-state index in [1.807, 2.05) is 25.1 Å². The van der Waals surface area contributed by atoms with Gasteiger partial charge in [-0.05, 0) is 53.4 Å². The third-order valence-corrected chi connectivity index (χ3v) is 6.01. The number of hydrogen-bond acceptors (Lipinski definition) is 6. The molecular formula is C21H33N7O. The van der Waals surface area contributed by atoms with Crippen LogP contribution in [-0.4, -0.2) is 62.5 Å². The van der Waals surface area contributed by atoms with E-state index < -0.39 is 0 Å². The standard InChI is InChI=1S/C21H33N7O/c1-5-26(6-2)20(29)15-8-7-11-27(12-15)21-24-18(23-16-9-10-16)17-19(25-21)28(13-22-17)14(3)4/h13-16H,5-12H2,1-4H3,(H,23,24,25). The van der Waals surface area contributed by atoms with E-state index in [1.165, 1.54) is 12.8 Å². The molecule has 2 aliphatic rings. The van der Waals surface area contributed by atoms with Crippen molar-refractivity contribution in [3.63, 3.8) is 0 Å². The minimum atomic E-state index is 0.0118. The number of rotatable bonds is 7. The van der Waals surface area contributed by atoms with E-state index in [-0.39, 0.29) is 17.9 Å². The number of piperidine rings is 1. The predicted octanol–water partition coefficient (Wildman–Crippen LogP) is 3.07. The smallest absolute Gasteiger partial charge is 0.229 e. The summed E-state index contributed by atoms with van der Waals surface area (Å²) >= 11 is 0. The van der Waals surface area contributed by atoms with Crippen LogP contribution in [0.3, 0.4) is 0 Å². The fourth-order valence-corrected chi connectivity index (χ4v) is 4.10. The summed E-state index contributed by atoms with van der Waals surface area (Å²) in [7, 11) is 0. The lowest BCUT2D eigenvalue weighted by molar-refractivity contribution is -0.135. The molecule has 4 rings (SSSR count). The highest BCUT2D eigenvalue weighted by molar-refractivity contribution is 5.85. The number of aromatic nitrogens is 4. The summed E-state index contributed by atoms with van der Waals surface area (Å²) < 4.78 is 2.10. The zero-order valence-electron chi connectivity index (χ0n) is 18.1. The quantitative estimate of drug-likeness (QED) is 0.771. The summed E-state index contributed by atoms with van der Waals surface area (Å²) in [5.41, 5.74) is 1.70. The Morgan fingerprint density at radius 1 is 1.24 bits per heavy atom. The number of carbonyl (C=O) groups excluding carboxylic acids is 1. The highest BCUT2D eigenvalue weighted by Crippen LogP contribution is 2.31. The van der Waals surface area contributed by atoms with E-state index in [0.717, 1.165) is 49.5 Å². The average molecular weight is 400 g/mol. The van der Waals surface area contributed by atoms with Crippen LogP contribution in [0.25, 0.3) is 11.2 Å². The second kappa shape index (κ2) is 8.16. The van der Waals surface area contributed by atoms with E-state index in [2.05, 4.69) is 33.6 Å². The Morgan fingerprint density at radius 3 is 2.66 bits per heavy atom. The predicted molar refractivity (Wildman–Crippen MR) is 115 cm³/mol. The van der Waals surface area contributed by atoms with Gasteiger partial charge in [0.2, 0.25) is 11.9 Å². The van der Waals surface area contributed by atoms with Crippen LogP contribution in [0.15, 0.2) is 6.33 Å². The van der Waals surface area contributed by atoms with Crippen LogP contribution in [0, 0.1) is 5.92 Å². The monoisotopic (exact) mass is 399 g/mol. The number of nitrogens with one attached hydrogen (secondary N) is 1. The highest BCUT2D eigenvalue weighted by atomic mass is 16.2. The Balaban J connectivity index is 1.65. The van der Waals surface area contributed by atoms with Gasteiger partial charge in [-0.1, -0.05) is 0 Å². The summed E-state index contributed by atoms with van der Waals surface area (Å²) in [6.45, 7) is 11.4. The van der Waals surface area contributed by atoms with Crippen LogP contribution in [0.2, 0.25) is 0 Å². The molecule has 1 atom stereocenters. The molecule has 1 amide bonds. The van der Waals surface area contributed by atoms with E-state index in [4.69, 9.17) is 9.97 Å². The average Bonchev–Trinajstić information content (AvgIpc) is 3.43. The van der Waals surface area contributed by atoms with Crippen molar-refractivity contribution in [2.45, 2.75) is 65.5 Å². The third kappa shape index (κ3) is 4.02. The van der Waals surface area contributed by atoms with E-state index in [1.54, 1.807) is 0 Å². The lowest BCUT2D eigenvalue weighted by Crippen LogP contribution is -2.45. The van der Waals surface area contributed by atoms with Crippen molar-refractivity contribution in [1.29, 1.82) is 0 Å². The van der Waals surface area contributed by atoms with Crippen molar-refractivity contribution in [1.82, 2.24) is 24.4 Å². The van der Waals surface area contributed by atoms with Crippen LogP contribution >= 0.6 is 0 Å². The zero-order valence-corrected chi connectivity index (χ0v) is 18.1. The maximum atomic E-state index is 12.9. The Kier molecular flexibility index (Phi) is 5.61. The number of carbonyl (C=O) groups is 1. The molecule has 1 aliphatic heterocycles. The Hall–Kier alpha value is -2.38. The van der Waals surface area contributed by atoms with E-state index >= 15 is 0 Å². The van der Waals surface area contributed by atoms with Crippen molar-refractivity contribution in [2.24, 2.45) is 5.92 Å². The second-order valence-corrected chi connectivity index (χ2v) is 8.50. The zero-order chi connectivity index (χ0) is 20.5. The van der Waals surface area contributed by atoms with Gasteiger partial charge in [0.25, 0.3) is 0 Å². The number of amides is 1. The molecule has 29 heavy (non-hydrogen) atoms. The number of nitrogens with zero attached hydrogens (tertiary/aromatic N) is 6. The van der Waals surface area contributed by atoms with Gasteiger partial charge >= 0.3 is 0 Å². The van der Waals surface area contributed by atoms with Gasteiger partial charge in [-0.15, -0.1) is 0 Å². The molecular weight excluding hydrogens is 366 g/mol. The number of fused-ring (bicyclic) bond motifs is 1.